The fraction of sp³-hybridized carbons (Fsp3) is 0.625. The van der Waals surface area contributed by atoms with Crippen LogP contribution in [0.15, 0.2) is 18.2 Å². The molecule has 0 aliphatic heterocycles. The topological polar surface area (TPSA) is 33.7 Å². The molecule has 0 aliphatic carbocycles. The van der Waals surface area contributed by atoms with Crippen LogP contribution < -0.4 is 10.2 Å². The van der Waals surface area contributed by atoms with Gasteiger partial charge in [-0.2, -0.15) is 0 Å². The van der Waals surface area contributed by atoms with E-state index < -0.39 is 0 Å². The minimum absolute atomic E-state index is 0.434. The Morgan fingerprint density at radius 2 is 1.76 bits per heavy atom. The number of hydrogen-bond acceptors (Lipinski definition) is 4. The van der Waals surface area contributed by atoms with Gasteiger partial charge in [0, 0.05) is 50.6 Å². The van der Waals surface area contributed by atoms with E-state index in [9.17, 15) is 0 Å². The van der Waals surface area contributed by atoms with Crippen molar-refractivity contribution in [2.24, 2.45) is 0 Å². The van der Waals surface area contributed by atoms with Crippen LogP contribution in [-0.4, -0.2) is 46.6 Å². The average molecular weight is 315 g/mol. The molecule has 5 heteroatoms. The van der Waals surface area contributed by atoms with E-state index in [2.05, 4.69) is 30.1 Å². The largest absolute Gasteiger partial charge is 0.383 e. The third kappa shape index (κ3) is 6.66. The Balaban J connectivity index is 2.92. The zero-order valence-electron chi connectivity index (χ0n) is 13.5. The van der Waals surface area contributed by atoms with Crippen LogP contribution >= 0.6 is 11.6 Å². The molecule has 0 unspecified atom stereocenters. The van der Waals surface area contributed by atoms with Gasteiger partial charge in [-0.15, -0.1) is 0 Å². The molecule has 1 aromatic carbocycles. The third-order valence-electron chi connectivity index (χ3n) is 3.21. The van der Waals surface area contributed by atoms with Crippen LogP contribution in [0.3, 0.4) is 0 Å². The molecule has 0 saturated carbocycles. The highest BCUT2D eigenvalue weighted by Crippen LogP contribution is 2.24. The number of nitrogens with zero attached hydrogens (tertiary/aromatic N) is 1. The number of rotatable bonds is 10. The van der Waals surface area contributed by atoms with Crippen LogP contribution in [0.2, 0.25) is 5.02 Å². The van der Waals surface area contributed by atoms with Gasteiger partial charge in [0.15, 0.2) is 0 Å². The Labute approximate surface area is 133 Å². The van der Waals surface area contributed by atoms with Crippen molar-refractivity contribution in [3.63, 3.8) is 0 Å². The van der Waals surface area contributed by atoms with E-state index in [-0.39, 0.29) is 0 Å². The molecule has 0 spiro atoms. The SMILES string of the molecule is COCCN(CCOC)c1ccc(Cl)cc1CNC(C)C. The molecule has 0 aromatic heterocycles. The summed E-state index contributed by atoms with van der Waals surface area (Å²) in [7, 11) is 3.44. The van der Waals surface area contributed by atoms with Crippen molar-refractivity contribution >= 4 is 17.3 Å². The molecule has 4 nitrogen and oxygen atoms in total. The Morgan fingerprint density at radius 1 is 1.14 bits per heavy atom. The van der Waals surface area contributed by atoms with E-state index >= 15 is 0 Å². The highest BCUT2D eigenvalue weighted by atomic mass is 35.5. The van der Waals surface area contributed by atoms with E-state index in [1.807, 2.05) is 12.1 Å². The summed E-state index contributed by atoms with van der Waals surface area (Å²) in [6.07, 6.45) is 0. The van der Waals surface area contributed by atoms with E-state index in [4.69, 9.17) is 21.1 Å². The predicted octanol–water partition coefficient (Wildman–Crippen LogP) is 2.94. The molecule has 0 heterocycles. The molecule has 1 aromatic rings. The van der Waals surface area contributed by atoms with E-state index in [1.165, 1.54) is 11.3 Å². The summed E-state index contributed by atoms with van der Waals surface area (Å²) in [6, 6.07) is 6.47. The molecule has 0 radical (unpaired) electrons. The van der Waals surface area contributed by atoms with Crippen LogP contribution in [0.5, 0.6) is 0 Å². The summed E-state index contributed by atoms with van der Waals surface area (Å²) in [6.45, 7) is 8.10. The molecular formula is C16H27ClN2O2. The summed E-state index contributed by atoms with van der Waals surface area (Å²) in [5, 5.41) is 4.21. The first-order valence-corrected chi connectivity index (χ1v) is 7.71. The lowest BCUT2D eigenvalue weighted by Gasteiger charge is -2.27. The van der Waals surface area contributed by atoms with E-state index in [0.29, 0.717) is 19.3 Å². The van der Waals surface area contributed by atoms with Crippen LogP contribution in [0.25, 0.3) is 0 Å². The number of hydrogen-bond donors (Lipinski definition) is 1. The molecule has 0 fully saturated rings. The normalized spacial score (nSPS) is 11.1. The van der Waals surface area contributed by atoms with Gasteiger partial charge in [-0.05, 0) is 23.8 Å². The minimum atomic E-state index is 0.434. The second kappa shape index (κ2) is 10.0. The summed E-state index contributed by atoms with van der Waals surface area (Å²) < 4.78 is 10.4. The van der Waals surface area contributed by atoms with Gasteiger partial charge in [0.2, 0.25) is 0 Å². The predicted molar refractivity (Wildman–Crippen MR) is 89.4 cm³/mol. The molecule has 0 atom stereocenters. The standard InChI is InChI=1S/C16H27ClN2O2/c1-13(2)18-12-14-11-15(17)5-6-16(14)19(7-9-20-3)8-10-21-4/h5-6,11,13,18H,7-10,12H2,1-4H3. The number of benzene rings is 1. The average Bonchev–Trinajstić information content (AvgIpc) is 2.46. The summed E-state index contributed by atoms with van der Waals surface area (Å²) in [5.74, 6) is 0. The quantitative estimate of drug-likeness (QED) is 0.720. The smallest absolute Gasteiger partial charge is 0.0637 e. The van der Waals surface area contributed by atoms with Crippen molar-refractivity contribution in [1.29, 1.82) is 0 Å². The lowest BCUT2D eigenvalue weighted by Crippen LogP contribution is -2.32. The molecule has 21 heavy (non-hydrogen) atoms. The Morgan fingerprint density at radius 3 is 2.29 bits per heavy atom. The number of halogens is 1. The number of anilines is 1. The maximum atomic E-state index is 6.15. The third-order valence-corrected chi connectivity index (χ3v) is 3.45. The summed E-state index contributed by atoms with van der Waals surface area (Å²) in [4.78, 5) is 2.28. The van der Waals surface area contributed by atoms with Crippen molar-refractivity contribution in [3.05, 3.63) is 28.8 Å². The minimum Gasteiger partial charge on any atom is -0.383 e. The number of nitrogens with one attached hydrogen (secondary N) is 1. The maximum Gasteiger partial charge on any atom is 0.0637 e. The van der Waals surface area contributed by atoms with Crippen LogP contribution in [-0.2, 0) is 16.0 Å². The Kier molecular flexibility index (Phi) is 8.69. The molecule has 1 rings (SSSR count). The molecule has 0 aliphatic rings. The van der Waals surface area contributed by atoms with Gasteiger partial charge in [-0.3, -0.25) is 0 Å². The second-order valence-corrected chi connectivity index (χ2v) is 5.72. The molecule has 0 saturated heterocycles. The van der Waals surface area contributed by atoms with Crippen molar-refractivity contribution in [3.8, 4) is 0 Å². The van der Waals surface area contributed by atoms with Gasteiger partial charge in [-0.1, -0.05) is 25.4 Å². The fourth-order valence-corrected chi connectivity index (χ4v) is 2.27. The van der Waals surface area contributed by atoms with Gasteiger partial charge in [0.05, 0.1) is 13.2 Å². The lowest BCUT2D eigenvalue weighted by atomic mass is 10.1. The first-order valence-electron chi connectivity index (χ1n) is 7.33. The van der Waals surface area contributed by atoms with Gasteiger partial charge >= 0.3 is 0 Å². The van der Waals surface area contributed by atoms with Crippen LogP contribution in [0.1, 0.15) is 19.4 Å². The molecular weight excluding hydrogens is 288 g/mol. The summed E-state index contributed by atoms with van der Waals surface area (Å²) in [5.41, 5.74) is 2.38. The lowest BCUT2D eigenvalue weighted by molar-refractivity contribution is 0.190. The van der Waals surface area contributed by atoms with E-state index in [0.717, 1.165) is 24.7 Å². The first kappa shape index (κ1) is 18.2. The van der Waals surface area contributed by atoms with Gasteiger partial charge in [-0.25, -0.2) is 0 Å². The molecule has 120 valence electrons. The fourth-order valence-electron chi connectivity index (χ4n) is 2.07. The van der Waals surface area contributed by atoms with Crippen LogP contribution in [0.4, 0.5) is 5.69 Å². The molecule has 1 N–H and O–H groups in total. The highest BCUT2D eigenvalue weighted by molar-refractivity contribution is 6.30. The van der Waals surface area contributed by atoms with Gasteiger partial charge < -0.3 is 19.7 Å². The first-order chi connectivity index (χ1) is 10.1. The molecule has 0 bridgehead atoms. The maximum absolute atomic E-state index is 6.15. The number of ether oxygens (including phenoxy) is 2. The van der Waals surface area contributed by atoms with Crippen molar-refractivity contribution in [2.45, 2.75) is 26.4 Å². The Bertz CT molecular complexity index is 405. The zero-order valence-corrected chi connectivity index (χ0v) is 14.2. The zero-order chi connectivity index (χ0) is 15.7. The van der Waals surface area contributed by atoms with Crippen molar-refractivity contribution in [1.82, 2.24) is 5.32 Å². The second-order valence-electron chi connectivity index (χ2n) is 5.28. The monoisotopic (exact) mass is 314 g/mol. The van der Waals surface area contributed by atoms with Gasteiger partial charge in [0.1, 0.15) is 0 Å². The van der Waals surface area contributed by atoms with Crippen LogP contribution in [0, 0.1) is 0 Å². The van der Waals surface area contributed by atoms with E-state index in [1.54, 1.807) is 14.2 Å². The van der Waals surface area contributed by atoms with Gasteiger partial charge in [0.25, 0.3) is 0 Å². The molecule has 0 amide bonds. The van der Waals surface area contributed by atoms with Crippen molar-refractivity contribution in [2.75, 3.05) is 45.4 Å². The van der Waals surface area contributed by atoms with Crippen molar-refractivity contribution < 1.29 is 9.47 Å². The Hall–Kier alpha value is -0.810. The number of methoxy groups -OCH3 is 2. The summed E-state index contributed by atoms with van der Waals surface area (Å²) >= 11 is 6.15. The highest BCUT2D eigenvalue weighted by Gasteiger charge is 2.12.